The fourth-order valence-corrected chi connectivity index (χ4v) is 2.29. The van der Waals surface area contributed by atoms with Gasteiger partial charge in [0.1, 0.15) is 5.75 Å². The first-order chi connectivity index (χ1) is 10.2. The fourth-order valence-electron chi connectivity index (χ4n) is 2.29. The van der Waals surface area contributed by atoms with Gasteiger partial charge in [0.25, 0.3) is 0 Å². The number of ether oxygens (including phenoxy) is 1. The number of aryl methyl sites for hydroxylation is 2. The molecule has 21 heavy (non-hydrogen) atoms. The van der Waals surface area contributed by atoms with Gasteiger partial charge in [-0.15, -0.1) is 0 Å². The quantitative estimate of drug-likeness (QED) is 0.604. The van der Waals surface area contributed by atoms with Crippen LogP contribution in [0.15, 0.2) is 48.5 Å². The minimum absolute atomic E-state index is 0.520. The van der Waals surface area contributed by atoms with Crippen LogP contribution in [0.25, 0.3) is 0 Å². The lowest BCUT2D eigenvalue weighted by Gasteiger charge is -2.09. The molecule has 2 rings (SSSR count). The van der Waals surface area contributed by atoms with Crippen LogP contribution in [0.1, 0.15) is 24.0 Å². The maximum atomic E-state index is 9.16. The van der Waals surface area contributed by atoms with E-state index in [9.17, 15) is 0 Å². The number of benzene rings is 2. The highest BCUT2D eigenvalue weighted by Crippen LogP contribution is 2.12. The van der Waals surface area contributed by atoms with E-state index in [1.165, 1.54) is 5.56 Å². The van der Waals surface area contributed by atoms with Crippen molar-refractivity contribution in [3.05, 3.63) is 59.7 Å². The van der Waals surface area contributed by atoms with E-state index in [1.807, 2.05) is 19.1 Å². The molecular weight excluding hydrogens is 263 g/mol. The molecule has 0 aliphatic heterocycles. The van der Waals surface area contributed by atoms with E-state index < -0.39 is 7.12 Å². The van der Waals surface area contributed by atoms with E-state index in [1.54, 1.807) is 12.1 Å². The second-order valence-corrected chi connectivity index (χ2v) is 5.18. The van der Waals surface area contributed by atoms with Crippen LogP contribution in [0.4, 0.5) is 0 Å². The van der Waals surface area contributed by atoms with Gasteiger partial charge >= 0.3 is 7.12 Å². The van der Waals surface area contributed by atoms with Crippen LogP contribution in [-0.2, 0) is 6.42 Å². The van der Waals surface area contributed by atoms with Crippen LogP contribution in [0.5, 0.6) is 5.75 Å². The van der Waals surface area contributed by atoms with Crippen molar-refractivity contribution in [3.63, 3.8) is 0 Å². The van der Waals surface area contributed by atoms with Gasteiger partial charge in [-0.3, -0.25) is 0 Å². The molecule has 3 nitrogen and oxygen atoms in total. The largest absolute Gasteiger partial charge is 0.494 e. The molecule has 0 saturated carbocycles. The second-order valence-electron chi connectivity index (χ2n) is 5.18. The number of hydrogen-bond donors (Lipinski definition) is 2. The lowest BCUT2D eigenvalue weighted by molar-refractivity contribution is 0.307. The number of hydrogen-bond acceptors (Lipinski definition) is 3. The summed E-state index contributed by atoms with van der Waals surface area (Å²) in [5.74, 6) is 0.775. The van der Waals surface area contributed by atoms with Gasteiger partial charge in [-0.1, -0.05) is 36.4 Å². The molecule has 0 aliphatic rings. The highest BCUT2D eigenvalue weighted by molar-refractivity contribution is 6.59. The topological polar surface area (TPSA) is 49.7 Å². The minimum atomic E-state index is -1.43. The van der Waals surface area contributed by atoms with Crippen molar-refractivity contribution in [1.29, 1.82) is 0 Å². The summed E-state index contributed by atoms with van der Waals surface area (Å²) >= 11 is 0. The fraction of sp³-hybridized carbons (Fsp3) is 0.294. The van der Waals surface area contributed by atoms with Crippen molar-refractivity contribution in [2.45, 2.75) is 26.2 Å². The molecule has 0 atom stereocenters. The Kier molecular flexibility index (Phi) is 5.84. The van der Waals surface area contributed by atoms with Crippen molar-refractivity contribution < 1.29 is 14.8 Å². The molecule has 0 fully saturated rings. The summed E-state index contributed by atoms with van der Waals surface area (Å²) in [4.78, 5) is 0. The molecule has 4 heteroatoms. The molecule has 0 aliphatic carbocycles. The monoisotopic (exact) mass is 284 g/mol. The smallest absolute Gasteiger partial charge is 0.488 e. The van der Waals surface area contributed by atoms with Crippen molar-refractivity contribution in [2.24, 2.45) is 0 Å². The van der Waals surface area contributed by atoms with Crippen LogP contribution < -0.4 is 10.2 Å². The van der Waals surface area contributed by atoms with Crippen LogP contribution in [0.2, 0.25) is 0 Å². The zero-order chi connectivity index (χ0) is 15.1. The Balaban J connectivity index is 1.72. The molecule has 0 aromatic heterocycles. The van der Waals surface area contributed by atoms with Crippen molar-refractivity contribution in [1.82, 2.24) is 0 Å². The first kappa shape index (κ1) is 15.6. The van der Waals surface area contributed by atoms with Crippen LogP contribution in [-0.4, -0.2) is 23.8 Å². The third kappa shape index (κ3) is 4.92. The summed E-state index contributed by atoms with van der Waals surface area (Å²) in [7, 11) is -1.43. The Hall–Kier alpha value is -1.78. The Morgan fingerprint density at radius 2 is 1.76 bits per heavy atom. The molecule has 0 heterocycles. The van der Waals surface area contributed by atoms with E-state index in [4.69, 9.17) is 14.8 Å². The molecule has 2 aromatic carbocycles. The van der Waals surface area contributed by atoms with E-state index >= 15 is 0 Å². The van der Waals surface area contributed by atoms with Gasteiger partial charge in [-0.05, 0) is 54.9 Å². The molecule has 0 spiro atoms. The molecule has 2 N–H and O–H groups in total. The van der Waals surface area contributed by atoms with Gasteiger partial charge in [0.15, 0.2) is 0 Å². The van der Waals surface area contributed by atoms with Crippen LogP contribution >= 0.6 is 0 Å². The Morgan fingerprint density at radius 3 is 2.43 bits per heavy atom. The predicted octanol–water partition coefficient (Wildman–Crippen LogP) is 2.08. The summed E-state index contributed by atoms with van der Waals surface area (Å²) in [5.41, 5.74) is 2.70. The van der Waals surface area contributed by atoms with E-state index in [0.717, 1.165) is 30.6 Å². The summed E-state index contributed by atoms with van der Waals surface area (Å²) in [6.07, 6.45) is 3.16. The third-order valence-electron chi connectivity index (χ3n) is 3.49. The van der Waals surface area contributed by atoms with Gasteiger partial charge in [0.2, 0.25) is 0 Å². The average molecular weight is 284 g/mol. The lowest BCUT2D eigenvalue weighted by atomic mass is 9.77. The number of unbranched alkanes of at least 4 members (excludes halogenated alkanes) is 1. The third-order valence-corrected chi connectivity index (χ3v) is 3.49. The van der Waals surface area contributed by atoms with Gasteiger partial charge < -0.3 is 14.8 Å². The highest BCUT2D eigenvalue weighted by Gasteiger charge is 2.13. The molecule has 0 saturated heterocycles. The van der Waals surface area contributed by atoms with Gasteiger partial charge in [-0.25, -0.2) is 0 Å². The standard InChI is InChI=1S/C17H21BO3/c1-14-13-16(10-11-17(14)18(19)20)21-12-6-5-9-15-7-3-2-4-8-15/h2-4,7-8,10-11,13,19-20H,5-6,9,12H2,1H3. The van der Waals surface area contributed by atoms with Gasteiger partial charge in [0, 0.05) is 0 Å². The minimum Gasteiger partial charge on any atom is -0.494 e. The van der Waals surface area contributed by atoms with Gasteiger partial charge in [0.05, 0.1) is 6.61 Å². The summed E-state index contributed by atoms with van der Waals surface area (Å²) in [6.45, 7) is 2.52. The van der Waals surface area contributed by atoms with Crippen molar-refractivity contribution in [3.8, 4) is 5.75 Å². The maximum absolute atomic E-state index is 9.16. The molecule has 2 aromatic rings. The van der Waals surface area contributed by atoms with Crippen LogP contribution in [0, 0.1) is 6.92 Å². The Bertz CT molecular complexity index is 555. The van der Waals surface area contributed by atoms with E-state index in [0.29, 0.717) is 12.1 Å². The SMILES string of the molecule is Cc1cc(OCCCCc2ccccc2)ccc1B(O)O. The van der Waals surface area contributed by atoms with E-state index in [-0.39, 0.29) is 0 Å². The normalized spacial score (nSPS) is 10.4. The first-order valence-electron chi connectivity index (χ1n) is 7.30. The Labute approximate surface area is 126 Å². The molecule has 0 radical (unpaired) electrons. The van der Waals surface area contributed by atoms with E-state index in [2.05, 4.69) is 24.3 Å². The van der Waals surface area contributed by atoms with Crippen molar-refractivity contribution >= 4 is 12.6 Å². The summed E-state index contributed by atoms with van der Waals surface area (Å²) < 4.78 is 5.70. The Morgan fingerprint density at radius 1 is 1.00 bits per heavy atom. The maximum Gasteiger partial charge on any atom is 0.488 e. The zero-order valence-corrected chi connectivity index (χ0v) is 12.3. The summed E-state index contributed by atoms with van der Waals surface area (Å²) in [6, 6.07) is 15.7. The summed E-state index contributed by atoms with van der Waals surface area (Å²) in [5, 5.41) is 18.3. The predicted molar refractivity (Wildman–Crippen MR) is 85.9 cm³/mol. The van der Waals surface area contributed by atoms with Gasteiger partial charge in [-0.2, -0.15) is 0 Å². The lowest BCUT2D eigenvalue weighted by Crippen LogP contribution is -2.31. The molecule has 0 bridgehead atoms. The van der Waals surface area contributed by atoms with Crippen LogP contribution in [0.3, 0.4) is 0 Å². The first-order valence-corrected chi connectivity index (χ1v) is 7.30. The molecular formula is C17H21BO3. The zero-order valence-electron chi connectivity index (χ0n) is 12.3. The molecule has 0 unspecified atom stereocenters. The second kappa shape index (κ2) is 7.86. The average Bonchev–Trinajstić information content (AvgIpc) is 2.47. The number of rotatable bonds is 7. The highest BCUT2D eigenvalue weighted by atomic mass is 16.5. The van der Waals surface area contributed by atoms with Crippen molar-refractivity contribution in [2.75, 3.05) is 6.61 Å². The molecule has 110 valence electrons. The molecule has 0 amide bonds.